The van der Waals surface area contributed by atoms with Crippen LogP contribution in [-0.2, 0) is 28.0 Å². The topological polar surface area (TPSA) is 123 Å². The van der Waals surface area contributed by atoms with Crippen molar-refractivity contribution in [1.82, 2.24) is 34.3 Å². The van der Waals surface area contributed by atoms with Crippen LogP contribution < -0.4 is 5.32 Å². The van der Waals surface area contributed by atoms with Gasteiger partial charge in [0.15, 0.2) is 0 Å². The lowest BCUT2D eigenvalue weighted by Gasteiger charge is -2.34. The van der Waals surface area contributed by atoms with E-state index in [0.29, 0.717) is 25.6 Å². The maximum Gasteiger partial charge on any atom is 0.250 e. The Kier molecular flexibility index (Phi) is 7.79. The number of aliphatic hydroxyl groups is 1. The van der Waals surface area contributed by atoms with E-state index >= 15 is 0 Å². The number of rotatable bonds is 8. The summed E-state index contributed by atoms with van der Waals surface area (Å²) >= 11 is 1.73. The number of aliphatic hydroxyl groups excluding tert-OH is 1. The molecule has 4 aromatic rings. The minimum atomic E-state index is -0.871. The van der Waals surface area contributed by atoms with Crippen LogP contribution in [0, 0.1) is 6.92 Å². The summed E-state index contributed by atoms with van der Waals surface area (Å²) in [5.41, 5.74) is 4.01. The summed E-state index contributed by atoms with van der Waals surface area (Å²) in [5.74, 6) is 0.842. The molecule has 4 aromatic heterocycles. The van der Waals surface area contributed by atoms with Crippen LogP contribution >= 0.6 is 11.3 Å². The third kappa shape index (κ3) is 5.43. The van der Waals surface area contributed by atoms with Crippen molar-refractivity contribution in [1.29, 1.82) is 0 Å². The highest BCUT2D eigenvalue weighted by molar-refractivity contribution is 7.11. The molecule has 6 rings (SSSR count). The third-order valence-electron chi connectivity index (χ3n) is 8.56. The molecule has 1 amide bonds. The quantitative estimate of drug-likeness (QED) is 0.313. The number of carbonyl (C=O) groups excluding carboxylic acids is 1. The number of fused-ring (bicyclic) bond motifs is 2. The normalized spacial score (nSPS) is 20.1. The van der Waals surface area contributed by atoms with Gasteiger partial charge in [-0.1, -0.05) is 0 Å². The van der Waals surface area contributed by atoms with Gasteiger partial charge in [0.25, 0.3) is 0 Å². The molecule has 0 unspecified atom stereocenters. The Balaban J connectivity index is 1.31. The van der Waals surface area contributed by atoms with E-state index in [4.69, 9.17) is 14.9 Å². The van der Waals surface area contributed by atoms with Crippen LogP contribution in [-0.4, -0.2) is 77.7 Å². The van der Waals surface area contributed by atoms with E-state index in [-0.39, 0.29) is 24.0 Å². The summed E-state index contributed by atoms with van der Waals surface area (Å²) < 4.78 is 9.03. The second-order valence-corrected chi connectivity index (χ2v) is 13.5. The molecule has 224 valence electrons. The Morgan fingerprint density at radius 2 is 2.05 bits per heavy atom. The summed E-state index contributed by atoms with van der Waals surface area (Å²) in [4.78, 5) is 26.2. The van der Waals surface area contributed by atoms with Gasteiger partial charge >= 0.3 is 0 Å². The second-order valence-electron chi connectivity index (χ2n) is 12.2. The summed E-state index contributed by atoms with van der Waals surface area (Å²) in [6.07, 6.45) is 9.58. The minimum absolute atomic E-state index is 0.0286. The van der Waals surface area contributed by atoms with E-state index in [0.717, 1.165) is 65.1 Å². The van der Waals surface area contributed by atoms with Crippen molar-refractivity contribution in [2.45, 2.75) is 89.9 Å². The SMILES string of the molecule is COC[C@H](C)Nc1ncc2c(-c3cnn(C(C)(C)C(=O)N4CCc5sc(C)nc5C4)c3)cc(C3CCC(O)CC3)n2n1. The zero-order valence-corrected chi connectivity index (χ0v) is 25.8. The zero-order chi connectivity index (χ0) is 29.6. The van der Waals surface area contributed by atoms with Gasteiger partial charge < -0.3 is 20.1 Å². The lowest BCUT2D eigenvalue weighted by molar-refractivity contribution is -0.140. The molecule has 12 heteroatoms. The van der Waals surface area contributed by atoms with Gasteiger partial charge in [0, 0.05) is 59.9 Å². The standard InChI is InChI=1S/C30H40N8O3S/c1-18(17-41-5)33-29-31-14-26-23(12-25(38(26)35-29)20-6-8-22(39)9-7-20)21-13-32-37(15-21)30(3,4)28(40)36-11-10-27-24(16-36)34-19(2)42-27/h12-15,18,20,22,39H,6-11,16-17H2,1-5H3,(H,33,35)/t18-,20?,22?/m0/s1. The first-order chi connectivity index (χ1) is 20.1. The Morgan fingerprint density at radius 1 is 1.26 bits per heavy atom. The molecule has 0 spiro atoms. The van der Waals surface area contributed by atoms with E-state index in [1.807, 2.05) is 55.7 Å². The summed E-state index contributed by atoms with van der Waals surface area (Å²) in [6.45, 7) is 9.66. The van der Waals surface area contributed by atoms with E-state index in [1.54, 1.807) is 23.1 Å². The Hall–Kier alpha value is -3.35. The average Bonchev–Trinajstić information content (AvgIpc) is 3.69. The number of anilines is 1. The smallest absolute Gasteiger partial charge is 0.250 e. The van der Waals surface area contributed by atoms with Gasteiger partial charge in [0.1, 0.15) is 5.54 Å². The first-order valence-electron chi connectivity index (χ1n) is 14.8. The predicted molar refractivity (Wildman–Crippen MR) is 162 cm³/mol. The highest BCUT2D eigenvalue weighted by Gasteiger charge is 2.37. The maximum atomic E-state index is 13.8. The molecule has 11 nitrogen and oxygen atoms in total. The molecule has 0 saturated heterocycles. The Labute approximate surface area is 249 Å². The number of aryl methyl sites for hydroxylation is 1. The largest absolute Gasteiger partial charge is 0.393 e. The number of hydrogen-bond donors (Lipinski definition) is 2. The Bertz CT molecular complexity index is 1580. The summed E-state index contributed by atoms with van der Waals surface area (Å²) in [6, 6.07) is 2.24. The lowest BCUT2D eigenvalue weighted by Crippen LogP contribution is -2.48. The van der Waals surface area contributed by atoms with Crippen LogP contribution in [0.15, 0.2) is 24.7 Å². The molecule has 1 saturated carbocycles. The van der Waals surface area contributed by atoms with Gasteiger partial charge in [-0.2, -0.15) is 5.10 Å². The molecule has 5 heterocycles. The average molecular weight is 593 g/mol. The number of thiazole rings is 1. The highest BCUT2D eigenvalue weighted by atomic mass is 32.1. The zero-order valence-electron chi connectivity index (χ0n) is 25.0. The number of nitrogens with one attached hydrogen (secondary N) is 1. The molecular weight excluding hydrogens is 552 g/mol. The molecule has 1 aliphatic heterocycles. The fraction of sp³-hybridized carbons (Fsp3) is 0.567. The van der Waals surface area contributed by atoms with E-state index in [2.05, 4.69) is 21.4 Å². The number of amides is 1. The van der Waals surface area contributed by atoms with Crippen molar-refractivity contribution >= 4 is 28.7 Å². The Morgan fingerprint density at radius 3 is 2.81 bits per heavy atom. The van der Waals surface area contributed by atoms with Crippen molar-refractivity contribution in [2.75, 3.05) is 25.6 Å². The lowest BCUT2D eigenvalue weighted by atomic mass is 9.85. The number of aromatic nitrogens is 6. The number of hydrogen-bond acceptors (Lipinski definition) is 9. The molecule has 0 aromatic carbocycles. The maximum absolute atomic E-state index is 13.8. The number of carbonyl (C=O) groups is 1. The van der Waals surface area contributed by atoms with Gasteiger partial charge in [-0.05, 0) is 59.4 Å². The molecule has 1 fully saturated rings. The molecule has 0 radical (unpaired) electrons. The van der Waals surface area contributed by atoms with Crippen molar-refractivity contribution in [2.24, 2.45) is 0 Å². The van der Waals surface area contributed by atoms with E-state index < -0.39 is 5.54 Å². The molecule has 1 aliphatic carbocycles. The highest BCUT2D eigenvalue weighted by Crippen LogP contribution is 2.38. The van der Waals surface area contributed by atoms with Crippen molar-refractivity contribution < 1.29 is 14.6 Å². The van der Waals surface area contributed by atoms with Gasteiger partial charge in [0.2, 0.25) is 11.9 Å². The molecule has 2 aliphatic rings. The van der Waals surface area contributed by atoms with E-state index in [9.17, 15) is 9.90 Å². The van der Waals surface area contributed by atoms with Gasteiger partial charge in [0.05, 0.1) is 47.9 Å². The predicted octanol–water partition coefficient (Wildman–Crippen LogP) is 4.14. The van der Waals surface area contributed by atoms with Gasteiger partial charge in [-0.3, -0.25) is 9.48 Å². The number of nitrogens with zero attached hydrogens (tertiary/aromatic N) is 7. The first-order valence-corrected chi connectivity index (χ1v) is 15.6. The molecule has 42 heavy (non-hydrogen) atoms. The minimum Gasteiger partial charge on any atom is -0.393 e. The van der Waals surface area contributed by atoms with Crippen LogP contribution in [0.4, 0.5) is 5.95 Å². The second kappa shape index (κ2) is 11.4. The fourth-order valence-electron chi connectivity index (χ4n) is 6.24. The molecule has 0 bridgehead atoms. The molecular formula is C30H40N8O3S. The van der Waals surface area contributed by atoms with Crippen LogP contribution in [0.5, 0.6) is 0 Å². The summed E-state index contributed by atoms with van der Waals surface area (Å²) in [5, 5.41) is 24.1. The molecule has 2 N–H and O–H groups in total. The van der Waals surface area contributed by atoms with Crippen molar-refractivity contribution in [3.63, 3.8) is 0 Å². The van der Waals surface area contributed by atoms with E-state index in [1.165, 1.54) is 4.88 Å². The first kappa shape index (κ1) is 28.8. The molecule has 1 atom stereocenters. The van der Waals surface area contributed by atoms with Crippen LogP contribution in [0.2, 0.25) is 0 Å². The fourth-order valence-corrected chi connectivity index (χ4v) is 7.17. The van der Waals surface area contributed by atoms with Crippen LogP contribution in [0.25, 0.3) is 16.6 Å². The number of methoxy groups -OCH3 is 1. The van der Waals surface area contributed by atoms with Crippen molar-refractivity contribution in [3.8, 4) is 11.1 Å². The van der Waals surface area contributed by atoms with Crippen LogP contribution in [0.3, 0.4) is 0 Å². The van der Waals surface area contributed by atoms with Gasteiger partial charge in [-0.25, -0.2) is 14.5 Å². The van der Waals surface area contributed by atoms with Crippen LogP contribution in [0.1, 0.15) is 73.6 Å². The van der Waals surface area contributed by atoms with Crippen molar-refractivity contribution in [3.05, 3.63) is 45.9 Å². The summed E-state index contributed by atoms with van der Waals surface area (Å²) in [7, 11) is 1.68. The third-order valence-corrected chi connectivity index (χ3v) is 9.64. The van der Waals surface area contributed by atoms with Gasteiger partial charge in [-0.15, -0.1) is 16.4 Å². The monoisotopic (exact) mass is 592 g/mol. The number of ether oxygens (including phenoxy) is 1.